The topological polar surface area (TPSA) is 88.5 Å². The molecule has 0 radical (unpaired) electrons. The first-order chi connectivity index (χ1) is 14.0. The van der Waals surface area contributed by atoms with Crippen molar-refractivity contribution in [3.05, 3.63) is 56.1 Å². The molecule has 160 valence electrons. The number of carbonyl (C=O) groups excluding carboxylic acids is 1. The van der Waals surface area contributed by atoms with Gasteiger partial charge in [-0.15, -0.1) is 0 Å². The fraction of sp³-hybridized carbons (Fsp3) is 0.263. The van der Waals surface area contributed by atoms with Crippen LogP contribution in [0.5, 0.6) is 0 Å². The van der Waals surface area contributed by atoms with Crippen molar-refractivity contribution in [2.75, 3.05) is 15.9 Å². The molecular formula is C19H19Cl2N3O4S2. The third-order valence-corrected chi connectivity index (χ3v) is 7.42. The van der Waals surface area contributed by atoms with Gasteiger partial charge in [0.15, 0.2) is 0 Å². The molecule has 0 bridgehead atoms. The number of sulfonamides is 1. The fourth-order valence-corrected chi connectivity index (χ4v) is 5.57. The SMILES string of the molecule is CCn1c(=O)sc2cc(NC(=O)[C@H](C)N(c3ccc(Cl)c(Cl)c3)S(C)(=O)=O)ccc21. The van der Waals surface area contributed by atoms with Crippen molar-refractivity contribution in [3.63, 3.8) is 0 Å². The molecule has 0 spiro atoms. The van der Waals surface area contributed by atoms with Gasteiger partial charge in [0, 0.05) is 12.2 Å². The van der Waals surface area contributed by atoms with Gasteiger partial charge in [-0.25, -0.2) is 8.42 Å². The molecule has 0 aliphatic heterocycles. The molecule has 0 aliphatic carbocycles. The van der Waals surface area contributed by atoms with Crippen LogP contribution in [0.1, 0.15) is 13.8 Å². The van der Waals surface area contributed by atoms with Crippen LogP contribution < -0.4 is 14.5 Å². The predicted molar refractivity (Wildman–Crippen MR) is 124 cm³/mol. The lowest BCUT2D eigenvalue weighted by molar-refractivity contribution is -0.116. The van der Waals surface area contributed by atoms with Crippen LogP contribution >= 0.6 is 34.5 Å². The van der Waals surface area contributed by atoms with Crippen LogP contribution in [0, 0.1) is 0 Å². The van der Waals surface area contributed by atoms with Crippen LogP contribution in [0.2, 0.25) is 10.0 Å². The summed E-state index contributed by atoms with van der Waals surface area (Å²) in [5, 5.41) is 3.17. The average molecular weight is 488 g/mol. The number of amides is 1. The Kier molecular flexibility index (Phi) is 6.47. The van der Waals surface area contributed by atoms with Crippen molar-refractivity contribution in [1.29, 1.82) is 0 Å². The Bertz CT molecular complexity index is 1280. The van der Waals surface area contributed by atoms with Crippen molar-refractivity contribution >= 4 is 72.1 Å². The van der Waals surface area contributed by atoms with Gasteiger partial charge in [0.25, 0.3) is 0 Å². The number of anilines is 2. The number of fused-ring (bicyclic) bond motifs is 1. The van der Waals surface area contributed by atoms with Crippen LogP contribution in [-0.2, 0) is 21.4 Å². The molecule has 0 saturated heterocycles. The Balaban J connectivity index is 1.91. The smallest absolute Gasteiger partial charge is 0.308 e. The molecule has 1 heterocycles. The Hall–Kier alpha value is -2.07. The molecule has 0 fully saturated rings. The molecular weight excluding hydrogens is 469 g/mol. The summed E-state index contributed by atoms with van der Waals surface area (Å²) < 4.78 is 28.2. The normalized spacial score (nSPS) is 12.7. The number of thiazole rings is 1. The average Bonchev–Trinajstić information content (AvgIpc) is 2.97. The maximum atomic E-state index is 12.9. The highest BCUT2D eigenvalue weighted by Crippen LogP contribution is 2.30. The Morgan fingerprint density at radius 1 is 1.20 bits per heavy atom. The van der Waals surface area contributed by atoms with E-state index < -0.39 is 22.0 Å². The number of hydrogen-bond acceptors (Lipinski definition) is 5. The van der Waals surface area contributed by atoms with E-state index in [1.807, 2.05) is 6.92 Å². The van der Waals surface area contributed by atoms with Gasteiger partial charge in [0.05, 0.1) is 32.2 Å². The van der Waals surface area contributed by atoms with E-state index in [0.29, 0.717) is 12.2 Å². The van der Waals surface area contributed by atoms with Gasteiger partial charge in [-0.3, -0.25) is 18.5 Å². The van der Waals surface area contributed by atoms with Crippen molar-refractivity contribution in [2.24, 2.45) is 0 Å². The van der Waals surface area contributed by atoms with Gasteiger partial charge < -0.3 is 5.32 Å². The standard InChI is InChI=1S/C19H19Cl2N3O4S2/c1-4-23-16-8-5-12(9-17(16)29-19(23)26)22-18(25)11(2)24(30(3,27)28)13-6-7-14(20)15(21)10-13/h5-11H,4H2,1-3H3,(H,22,25)/t11-/m0/s1. The molecule has 3 aromatic rings. The van der Waals surface area contributed by atoms with E-state index in [2.05, 4.69) is 5.32 Å². The number of carbonyl (C=O) groups is 1. The number of aromatic nitrogens is 1. The van der Waals surface area contributed by atoms with E-state index >= 15 is 0 Å². The molecule has 0 saturated carbocycles. The van der Waals surface area contributed by atoms with Crippen molar-refractivity contribution in [2.45, 2.75) is 26.4 Å². The van der Waals surface area contributed by atoms with E-state index in [0.717, 1.165) is 32.1 Å². The Morgan fingerprint density at radius 2 is 1.90 bits per heavy atom. The van der Waals surface area contributed by atoms with E-state index in [-0.39, 0.29) is 20.6 Å². The quantitative estimate of drug-likeness (QED) is 0.564. The highest BCUT2D eigenvalue weighted by atomic mass is 35.5. The first-order valence-electron chi connectivity index (χ1n) is 8.91. The van der Waals surface area contributed by atoms with Gasteiger partial charge in [-0.1, -0.05) is 34.5 Å². The summed E-state index contributed by atoms with van der Waals surface area (Å²) in [4.78, 5) is 24.8. The molecule has 7 nitrogen and oxygen atoms in total. The van der Waals surface area contributed by atoms with Crippen molar-refractivity contribution in [3.8, 4) is 0 Å². The van der Waals surface area contributed by atoms with Gasteiger partial charge in [0.1, 0.15) is 6.04 Å². The van der Waals surface area contributed by atoms with E-state index in [4.69, 9.17) is 23.2 Å². The minimum atomic E-state index is -3.80. The van der Waals surface area contributed by atoms with Crippen molar-refractivity contribution < 1.29 is 13.2 Å². The van der Waals surface area contributed by atoms with Gasteiger partial charge in [0.2, 0.25) is 15.9 Å². The number of nitrogens with one attached hydrogen (secondary N) is 1. The van der Waals surface area contributed by atoms with Crippen LogP contribution in [0.25, 0.3) is 10.2 Å². The second-order valence-corrected chi connectivity index (χ2v) is 10.3. The third-order valence-electron chi connectivity index (χ3n) is 4.50. The van der Waals surface area contributed by atoms with Gasteiger partial charge >= 0.3 is 4.87 Å². The molecule has 2 aromatic carbocycles. The van der Waals surface area contributed by atoms with Crippen LogP contribution in [0.3, 0.4) is 0 Å². The molecule has 1 aromatic heterocycles. The summed E-state index contributed by atoms with van der Waals surface area (Å²) in [5.74, 6) is -0.534. The second kappa shape index (κ2) is 8.58. The summed E-state index contributed by atoms with van der Waals surface area (Å²) in [6, 6.07) is 8.41. The molecule has 1 amide bonds. The van der Waals surface area contributed by atoms with Gasteiger partial charge in [-0.05, 0) is 50.2 Å². The Morgan fingerprint density at radius 3 is 2.50 bits per heavy atom. The minimum absolute atomic E-state index is 0.0767. The number of nitrogens with zero attached hydrogens (tertiary/aromatic N) is 2. The summed E-state index contributed by atoms with van der Waals surface area (Å²) >= 11 is 13.0. The molecule has 1 atom stereocenters. The summed E-state index contributed by atoms with van der Waals surface area (Å²) in [6.07, 6.45) is 1.01. The highest BCUT2D eigenvalue weighted by Gasteiger charge is 2.29. The van der Waals surface area contributed by atoms with E-state index in [1.54, 1.807) is 22.8 Å². The largest absolute Gasteiger partial charge is 0.324 e. The lowest BCUT2D eigenvalue weighted by atomic mass is 10.2. The minimum Gasteiger partial charge on any atom is -0.324 e. The molecule has 0 unspecified atom stereocenters. The zero-order chi connectivity index (χ0) is 22.2. The molecule has 0 aliphatic rings. The number of benzene rings is 2. The zero-order valence-electron chi connectivity index (χ0n) is 16.3. The molecule has 3 rings (SSSR count). The highest BCUT2D eigenvalue weighted by molar-refractivity contribution is 7.92. The second-order valence-electron chi connectivity index (χ2n) is 6.62. The number of halogens is 2. The maximum absolute atomic E-state index is 12.9. The first-order valence-corrected chi connectivity index (χ1v) is 12.3. The van der Waals surface area contributed by atoms with Crippen molar-refractivity contribution in [1.82, 2.24) is 4.57 Å². The van der Waals surface area contributed by atoms with Crippen LogP contribution in [-0.4, -0.2) is 31.2 Å². The van der Waals surface area contributed by atoms with Crippen LogP contribution in [0.15, 0.2) is 41.2 Å². The summed E-state index contributed by atoms with van der Waals surface area (Å²) in [7, 11) is -3.80. The molecule has 11 heteroatoms. The lowest BCUT2D eigenvalue weighted by Gasteiger charge is -2.28. The first kappa shape index (κ1) is 22.6. The fourth-order valence-electron chi connectivity index (χ4n) is 3.12. The monoisotopic (exact) mass is 487 g/mol. The maximum Gasteiger partial charge on any atom is 0.308 e. The summed E-state index contributed by atoms with van der Waals surface area (Å²) in [6.45, 7) is 3.91. The van der Waals surface area contributed by atoms with E-state index in [9.17, 15) is 18.0 Å². The molecule has 30 heavy (non-hydrogen) atoms. The molecule has 1 N–H and O–H groups in total. The van der Waals surface area contributed by atoms with Crippen LogP contribution in [0.4, 0.5) is 11.4 Å². The number of aryl methyl sites for hydroxylation is 1. The number of rotatable bonds is 6. The third kappa shape index (κ3) is 4.49. The predicted octanol–water partition coefficient (Wildman–Crippen LogP) is 4.18. The van der Waals surface area contributed by atoms with E-state index in [1.165, 1.54) is 25.1 Å². The Labute approximate surface area is 187 Å². The number of hydrogen-bond donors (Lipinski definition) is 1. The zero-order valence-corrected chi connectivity index (χ0v) is 19.5. The van der Waals surface area contributed by atoms with Gasteiger partial charge in [-0.2, -0.15) is 0 Å². The summed E-state index contributed by atoms with van der Waals surface area (Å²) in [5.41, 5.74) is 1.47. The lowest BCUT2D eigenvalue weighted by Crippen LogP contribution is -2.45.